The number of esters is 4. The minimum Gasteiger partial charge on any atom is -0.463 e. The van der Waals surface area contributed by atoms with Gasteiger partial charge in [0.2, 0.25) is 0 Å². The van der Waals surface area contributed by atoms with Crippen LogP contribution in [0.2, 0.25) is 0 Å². The highest BCUT2D eigenvalue weighted by molar-refractivity contribution is 5.88. The molecule has 0 atom stereocenters. The summed E-state index contributed by atoms with van der Waals surface area (Å²) in [5.41, 5.74) is 41.2. The number of hydrogen-bond acceptors (Lipinski definition) is 12. The highest BCUT2D eigenvalue weighted by Gasteiger charge is 2.22. The van der Waals surface area contributed by atoms with E-state index in [4.69, 9.17) is 18.9 Å². The van der Waals surface area contributed by atoms with Crippen molar-refractivity contribution in [2.75, 3.05) is 32.8 Å². The van der Waals surface area contributed by atoms with E-state index in [1.54, 1.807) is 12.1 Å². The molecule has 16 aromatic rings. The number of ether oxygens (including phenoxy) is 4. The molecule has 0 spiro atoms. The molecular weight excluding hydrogens is 1720 g/mol. The predicted octanol–water partition coefficient (Wildman–Crippen LogP) is 33.0. The van der Waals surface area contributed by atoms with E-state index in [1.807, 2.05) is 36.4 Å². The molecule has 704 valence electrons. The fourth-order valence-electron chi connectivity index (χ4n) is 16.6. The molecule has 0 saturated carbocycles. The number of hydrogen-bond donors (Lipinski definition) is 0. The third kappa shape index (κ3) is 27.9. The van der Waals surface area contributed by atoms with Gasteiger partial charge in [0, 0.05) is 93.3 Å². The maximum Gasteiger partial charge on any atom is 0.335 e. The van der Waals surface area contributed by atoms with Gasteiger partial charge in [-0.15, -0.1) is 0 Å². The first-order valence-corrected chi connectivity index (χ1v) is 47.5. The van der Waals surface area contributed by atoms with Crippen molar-refractivity contribution in [3.8, 4) is 50.3 Å². The number of carbonyl (C=O) groups is 4. The summed E-state index contributed by atoms with van der Waals surface area (Å²) >= 11 is 0. The molecule has 0 bridgehead atoms. The smallest absolute Gasteiger partial charge is 0.335 e. The summed E-state index contributed by atoms with van der Waals surface area (Å²) in [6, 6.07) is 128. The zero-order valence-corrected chi connectivity index (χ0v) is 82.5. The van der Waals surface area contributed by atoms with Gasteiger partial charge < -0.3 is 38.5 Å². The standard InChI is InChI=1S/2C34H35NO2.C31H29NO2.C29H25NO2/c1-7-33(36)37-19-18-28-9-11-29(12-10-28)30-13-16-31(17-14-30)35(32-15-8-24(3)25(4)22-32)34-26(5)20-23(2)21-27(34)6;1-4-34(36)37-25-7-5-6-8-28-13-15-29(16-14-28)30-17-23-33(24-18-30)35(31-19-9-26(2)10-20-31)32-21-11-27(3)12-22-32;1-5-31(33)34-21-25-9-11-26(12-10-25)27-13-17-29(18-14-27)32(28-15-6-22(2)7-16-28)30-19-8-23(3)20-24(30)4;1-4-29(31)32-28-19-11-24(12-20-28)23-9-17-27(18-10-23)30(25-13-5-21(2)6-14-25)26-15-7-22(3)8-16-26/h7-17,20-22H,1,18-19H2,2-6H3;4,9-24H,1,5-8,25H2,2-3H3;5-20H,1,21H2,2-4H3;4-20H,1H2,2-3H3. The second-order valence-corrected chi connectivity index (χ2v) is 35.4. The first-order valence-electron chi connectivity index (χ1n) is 47.5. The Balaban J connectivity index is 0.000000157. The molecule has 0 aliphatic rings. The lowest BCUT2D eigenvalue weighted by molar-refractivity contribution is -0.139. The van der Waals surface area contributed by atoms with Gasteiger partial charge in [0.05, 0.1) is 18.9 Å². The van der Waals surface area contributed by atoms with Crippen molar-refractivity contribution in [2.45, 2.75) is 122 Å². The van der Waals surface area contributed by atoms with Crippen LogP contribution in [0.3, 0.4) is 0 Å². The van der Waals surface area contributed by atoms with Crippen LogP contribution in [0.4, 0.5) is 68.2 Å². The van der Waals surface area contributed by atoms with E-state index in [9.17, 15) is 19.2 Å². The molecule has 12 nitrogen and oxygen atoms in total. The fourth-order valence-corrected chi connectivity index (χ4v) is 16.6. The Hall–Kier alpha value is -16.4. The molecular formula is C128H124N4O8. The van der Waals surface area contributed by atoms with E-state index in [-0.39, 0.29) is 18.5 Å². The lowest BCUT2D eigenvalue weighted by Crippen LogP contribution is -2.13. The van der Waals surface area contributed by atoms with Crippen molar-refractivity contribution in [1.82, 2.24) is 0 Å². The van der Waals surface area contributed by atoms with Crippen molar-refractivity contribution in [2.24, 2.45) is 0 Å². The quantitative estimate of drug-likeness (QED) is 0.0131. The van der Waals surface area contributed by atoms with Crippen LogP contribution in [0.5, 0.6) is 5.75 Å². The second-order valence-electron chi connectivity index (χ2n) is 35.4. The highest BCUT2D eigenvalue weighted by Crippen LogP contribution is 2.44. The molecule has 0 radical (unpaired) electrons. The predicted molar refractivity (Wildman–Crippen MR) is 582 cm³/mol. The average molecular weight is 1850 g/mol. The Morgan fingerprint density at radius 3 is 0.879 bits per heavy atom. The third-order valence-electron chi connectivity index (χ3n) is 24.5. The minimum atomic E-state index is -0.464. The Bertz CT molecular complexity index is 6760. The van der Waals surface area contributed by atoms with Crippen LogP contribution in [0.15, 0.2) is 415 Å². The van der Waals surface area contributed by atoms with E-state index in [0.29, 0.717) is 25.4 Å². The average Bonchev–Trinajstić information content (AvgIpc) is 0.776. The number of anilines is 12. The highest BCUT2D eigenvalue weighted by atomic mass is 16.5. The molecule has 0 aromatic heterocycles. The summed E-state index contributed by atoms with van der Waals surface area (Å²) < 4.78 is 20.4. The van der Waals surface area contributed by atoms with Gasteiger partial charge in [-0.2, -0.15) is 0 Å². The van der Waals surface area contributed by atoms with Crippen LogP contribution in [0.1, 0.15) is 103 Å². The minimum absolute atomic E-state index is 0.242. The number of benzene rings is 16. The molecule has 16 aromatic carbocycles. The van der Waals surface area contributed by atoms with Gasteiger partial charge in [-0.05, 0) is 337 Å². The summed E-state index contributed by atoms with van der Waals surface area (Å²) in [7, 11) is 0. The first kappa shape index (κ1) is 101. The van der Waals surface area contributed by atoms with E-state index < -0.39 is 11.9 Å². The molecule has 0 heterocycles. The number of rotatable bonds is 32. The molecule has 12 heteroatoms. The lowest BCUT2D eigenvalue weighted by atomic mass is 10.00. The lowest BCUT2D eigenvalue weighted by Gasteiger charge is -2.29. The summed E-state index contributed by atoms with van der Waals surface area (Å²) in [4.78, 5) is 54.2. The Morgan fingerprint density at radius 1 is 0.229 bits per heavy atom. The topological polar surface area (TPSA) is 118 Å². The van der Waals surface area contributed by atoms with Gasteiger partial charge in [0.25, 0.3) is 0 Å². The third-order valence-corrected chi connectivity index (χ3v) is 24.5. The van der Waals surface area contributed by atoms with E-state index >= 15 is 0 Å². The number of nitrogens with zero attached hydrogens (tertiary/aromatic N) is 4. The fraction of sp³-hybridized carbons (Fsp3) is 0.156. The molecule has 16 rings (SSSR count). The van der Waals surface area contributed by atoms with Gasteiger partial charge in [-0.1, -0.05) is 290 Å². The van der Waals surface area contributed by atoms with Gasteiger partial charge in [0.1, 0.15) is 12.4 Å². The Morgan fingerprint density at radius 2 is 0.521 bits per heavy atom. The maximum absolute atomic E-state index is 11.4. The van der Waals surface area contributed by atoms with Crippen molar-refractivity contribution in [3.05, 3.63) is 498 Å². The van der Waals surface area contributed by atoms with Crippen LogP contribution in [0.25, 0.3) is 44.5 Å². The second kappa shape index (κ2) is 49.4. The molecule has 0 amide bonds. The van der Waals surface area contributed by atoms with E-state index in [2.05, 4.69) is 444 Å². The van der Waals surface area contributed by atoms with Crippen LogP contribution in [-0.4, -0.2) is 37.1 Å². The molecule has 0 aliphatic carbocycles. The first-order chi connectivity index (χ1) is 67.8. The van der Waals surface area contributed by atoms with Crippen molar-refractivity contribution in [1.29, 1.82) is 0 Å². The molecule has 0 fully saturated rings. The molecule has 140 heavy (non-hydrogen) atoms. The Labute approximate surface area is 827 Å². The van der Waals surface area contributed by atoms with Gasteiger partial charge in [0.15, 0.2) is 0 Å². The zero-order valence-electron chi connectivity index (χ0n) is 82.5. The van der Waals surface area contributed by atoms with Crippen LogP contribution in [-0.2, 0) is 52.8 Å². The number of carbonyl (C=O) groups excluding carboxylic acids is 4. The van der Waals surface area contributed by atoms with Gasteiger partial charge in [-0.25, -0.2) is 19.2 Å². The molecule has 0 unspecified atom stereocenters. The van der Waals surface area contributed by atoms with E-state index in [0.717, 1.165) is 133 Å². The molecule has 0 saturated heterocycles. The van der Waals surface area contributed by atoms with Crippen molar-refractivity contribution in [3.63, 3.8) is 0 Å². The summed E-state index contributed by atoms with van der Waals surface area (Å²) in [6.07, 6.45) is 9.42. The maximum atomic E-state index is 11.4. The largest absolute Gasteiger partial charge is 0.463 e. The zero-order chi connectivity index (χ0) is 99.1. The monoisotopic (exact) mass is 1840 g/mol. The van der Waals surface area contributed by atoms with Crippen molar-refractivity contribution < 1.29 is 38.1 Å². The number of aryl methyl sites for hydroxylation is 13. The number of unbranched alkanes of at least 4 members (excludes halogenated alkanes) is 2. The SMILES string of the molecule is C=CC(=O)OCCCCCc1ccc(-c2ccc(N(c3ccc(C)cc3)c3ccc(C)cc3)cc2)cc1.C=CC(=O)OCCc1ccc(-c2ccc(N(c3ccc(C)c(C)c3)c3c(C)cc(C)cc3C)cc2)cc1.C=CC(=O)OCc1ccc(-c2ccc(N(c3ccc(C)cc3)c3ccc(C)cc3C)cc2)cc1.C=CC(=O)Oc1ccc(-c2ccc(N(c3ccc(C)cc3)c3ccc(C)cc3)cc2)cc1. The summed E-state index contributed by atoms with van der Waals surface area (Å²) in [6.45, 7) is 40.4. The van der Waals surface area contributed by atoms with Gasteiger partial charge >= 0.3 is 23.9 Å². The summed E-state index contributed by atoms with van der Waals surface area (Å²) in [5.74, 6) is -1.11. The molecule has 0 aliphatic heterocycles. The normalized spacial score (nSPS) is 10.6. The van der Waals surface area contributed by atoms with E-state index in [1.165, 1.54) is 113 Å². The van der Waals surface area contributed by atoms with Crippen LogP contribution < -0.4 is 24.3 Å². The molecule has 0 N–H and O–H groups in total. The van der Waals surface area contributed by atoms with Crippen molar-refractivity contribution >= 4 is 92.1 Å². The Kier molecular flexibility index (Phi) is 35.6. The summed E-state index contributed by atoms with van der Waals surface area (Å²) in [5, 5.41) is 0. The van der Waals surface area contributed by atoms with Gasteiger partial charge in [-0.3, -0.25) is 0 Å². The van der Waals surface area contributed by atoms with Crippen LogP contribution >= 0.6 is 0 Å². The van der Waals surface area contributed by atoms with Crippen LogP contribution in [0, 0.1) is 83.1 Å².